The molecule has 170 valence electrons. The molecule has 0 N–H and O–H groups in total. The SMILES string of the molecule is CC(Sc1nnc2c(Cl)cc(C(F)(F)F)cn12)C(=O)N1CCN(Cc2ccccc2)CC1. The summed E-state index contributed by atoms with van der Waals surface area (Å²) < 4.78 is 40.6. The molecule has 3 aromatic rings. The number of hydrogen-bond acceptors (Lipinski definition) is 5. The lowest BCUT2D eigenvalue weighted by Crippen LogP contribution is -2.50. The zero-order valence-electron chi connectivity index (χ0n) is 17.2. The molecule has 2 aromatic heterocycles. The Morgan fingerprint density at radius 2 is 1.84 bits per heavy atom. The van der Waals surface area contributed by atoms with E-state index in [4.69, 9.17) is 11.6 Å². The molecular formula is C21H21ClF3N5OS. The Hall–Kier alpha value is -2.30. The maximum absolute atomic E-state index is 13.2. The average molecular weight is 484 g/mol. The van der Waals surface area contributed by atoms with Crippen LogP contribution in [-0.4, -0.2) is 61.7 Å². The summed E-state index contributed by atoms with van der Waals surface area (Å²) in [5.41, 5.74) is 0.452. The van der Waals surface area contributed by atoms with E-state index in [-0.39, 0.29) is 21.7 Å². The van der Waals surface area contributed by atoms with Crippen LogP contribution in [0.2, 0.25) is 5.02 Å². The number of thioether (sulfide) groups is 1. The van der Waals surface area contributed by atoms with Crippen molar-refractivity contribution in [2.75, 3.05) is 26.2 Å². The Balaban J connectivity index is 1.40. The quantitative estimate of drug-likeness (QED) is 0.508. The zero-order valence-corrected chi connectivity index (χ0v) is 18.8. The van der Waals surface area contributed by atoms with Crippen LogP contribution in [0.15, 0.2) is 47.8 Å². The van der Waals surface area contributed by atoms with E-state index in [1.165, 1.54) is 9.96 Å². The van der Waals surface area contributed by atoms with Gasteiger partial charge in [-0.15, -0.1) is 10.2 Å². The lowest BCUT2D eigenvalue weighted by Gasteiger charge is -2.35. The second-order valence-corrected chi connectivity index (χ2v) is 9.31. The summed E-state index contributed by atoms with van der Waals surface area (Å²) in [6.07, 6.45) is -3.64. The third kappa shape index (κ3) is 5.02. The van der Waals surface area contributed by atoms with E-state index < -0.39 is 17.0 Å². The Bertz CT molecular complexity index is 1100. The molecule has 0 saturated carbocycles. The summed E-state index contributed by atoms with van der Waals surface area (Å²) in [7, 11) is 0. The fourth-order valence-corrected chi connectivity index (χ4v) is 4.76. The topological polar surface area (TPSA) is 53.7 Å². The number of halogens is 4. The highest BCUT2D eigenvalue weighted by Gasteiger charge is 2.33. The summed E-state index contributed by atoms with van der Waals surface area (Å²) >= 11 is 7.03. The van der Waals surface area contributed by atoms with Gasteiger partial charge in [-0.3, -0.25) is 14.1 Å². The van der Waals surface area contributed by atoms with Crippen LogP contribution in [0.25, 0.3) is 5.65 Å². The van der Waals surface area contributed by atoms with Crippen molar-refractivity contribution in [2.24, 2.45) is 0 Å². The Morgan fingerprint density at radius 1 is 1.16 bits per heavy atom. The van der Waals surface area contributed by atoms with Crippen LogP contribution in [0.3, 0.4) is 0 Å². The van der Waals surface area contributed by atoms with Crippen molar-refractivity contribution < 1.29 is 18.0 Å². The third-order valence-electron chi connectivity index (χ3n) is 5.32. The first-order valence-electron chi connectivity index (χ1n) is 10.1. The molecule has 1 unspecified atom stereocenters. The van der Waals surface area contributed by atoms with Crippen LogP contribution < -0.4 is 0 Å². The molecule has 11 heteroatoms. The molecule has 0 bridgehead atoms. The lowest BCUT2D eigenvalue weighted by atomic mass is 10.2. The number of pyridine rings is 1. The van der Waals surface area contributed by atoms with Crippen LogP contribution >= 0.6 is 23.4 Å². The smallest absolute Gasteiger partial charge is 0.339 e. The molecular weight excluding hydrogens is 463 g/mol. The van der Waals surface area contributed by atoms with E-state index >= 15 is 0 Å². The Labute approximate surface area is 192 Å². The van der Waals surface area contributed by atoms with Gasteiger partial charge >= 0.3 is 6.18 Å². The number of piperazine rings is 1. The first-order chi connectivity index (χ1) is 15.2. The normalized spacial score (nSPS) is 16.5. The molecule has 0 spiro atoms. The van der Waals surface area contributed by atoms with Gasteiger partial charge in [0.15, 0.2) is 10.8 Å². The molecule has 0 aliphatic carbocycles. The number of amides is 1. The van der Waals surface area contributed by atoms with Crippen molar-refractivity contribution in [2.45, 2.75) is 30.1 Å². The molecule has 1 aliphatic heterocycles. The number of fused-ring (bicyclic) bond motifs is 1. The lowest BCUT2D eigenvalue weighted by molar-refractivity contribution is -0.138. The van der Waals surface area contributed by atoms with Crippen LogP contribution in [0.4, 0.5) is 13.2 Å². The van der Waals surface area contributed by atoms with Gasteiger partial charge in [0.1, 0.15) is 0 Å². The highest BCUT2D eigenvalue weighted by atomic mass is 35.5. The fourth-order valence-electron chi connectivity index (χ4n) is 3.60. The summed E-state index contributed by atoms with van der Waals surface area (Å²) in [4.78, 5) is 17.0. The Kier molecular flexibility index (Phi) is 6.64. The maximum Gasteiger partial charge on any atom is 0.417 e. The summed E-state index contributed by atoms with van der Waals surface area (Å²) in [5.74, 6) is -0.0795. The van der Waals surface area contributed by atoms with Crippen molar-refractivity contribution in [3.05, 3.63) is 58.7 Å². The van der Waals surface area contributed by atoms with Gasteiger partial charge in [-0.1, -0.05) is 53.7 Å². The van der Waals surface area contributed by atoms with Crippen LogP contribution in [0, 0.1) is 0 Å². The molecule has 32 heavy (non-hydrogen) atoms. The largest absolute Gasteiger partial charge is 0.417 e. The number of nitrogens with zero attached hydrogens (tertiary/aromatic N) is 5. The second kappa shape index (κ2) is 9.29. The van der Waals surface area contributed by atoms with Gasteiger partial charge in [0, 0.05) is 38.9 Å². The predicted molar refractivity (Wildman–Crippen MR) is 117 cm³/mol. The van der Waals surface area contributed by atoms with Crippen LogP contribution in [-0.2, 0) is 17.5 Å². The molecule has 1 fully saturated rings. The van der Waals surface area contributed by atoms with Crippen molar-refractivity contribution >= 4 is 34.9 Å². The minimum atomic E-state index is -4.55. The van der Waals surface area contributed by atoms with Gasteiger partial charge in [-0.2, -0.15) is 13.2 Å². The fraction of sp³-hybridized carbons (Fsp3) is 0.381. The average Bonchev–Trinajstić information content (AvgIpc) is 3.17. The van der Waals surface area contributed by atoms with Gasteiger partial charge in [0.2, 0.25) is 5.91 Å². The molecule has 1 amide bonds. The molecule has 6 nitrogen and oxygen atoms in total. The van der Waals surface area contributed by atoms with Gasteiger partial charge < -0.3 is 4.90 Å². The molecule has 4 rings (SSSR count). The maximum atomic E-state index is 13.2. The Morgan fingerprint density at radius 3 is 2.50 bits per heavy atom. The van der Waals surface area contributed by atoms with Crippen molar-refractivity contribution in [1.29, 1.82) is 0 Å². The number of benzene rings is 1. The molecule has 3 heterocycles. The number of alkyl halides is 3. The summed E-state index contributed by atoms with van der Waals surface area (Å²) in [5, 5.41) is 7.34. The minimum absolute atomic E-state index is 0.0795. The van der Waals surface area contributed by atoms with Gasteiger partial charge in [0.05, 0.1) is 15.8 Å². The number of carbonyl (C=O) groups is 1. The first kappa shape index (κ1) is 22.9. The predicted octanol–water partition coefficient (Wildman–Crippen LogP) is 4.23. The van der Waals surface area contributed by atoms with E-state index in [0.29, 0.717) is 13.1 Å². The molecule has 0 radical (unpaired) electrons. The molecule has 1 atom stereocenters. The van der Waals surface area contributed by atoms with Crippen molar-refractivity contribution in [3.8, 4) is 0 Å². The number of aromatic nitrogens is 3. The standard InChI is InChI=1S/C21H21ClF3N5OS/c1-14(19(31)29-9-7-28(8-10-29)12-15-5-3-2-4-6-15)32-20-27-26-18-17(22)11-16(13-30(18)20)21(23,24)25/h2-6,11,13-14H,7-10,12H2,1H3. The van der Waals surface area contributed by atoms with Gasteiger partial charge in [0.25, 0.3) is 0 Å². The molecule has 1 saturated heterocycles. The van der Waals surface area contributed by atoms with Gasteiger partial charge in [-0.25, -0.2) is 0 Å². The summed E-state index contributed by atoms with van der Waals surface area (Å²) in [6.45, 7) is 5.27. The zero-order chi connectivity index (χ0) is 22.9. The monoisotopic (exact) mass is 483 g/mol. The van der Waals surface area contributed by atoms with E-state index in [9.17, 15) is 18.0 Å². The number of hydrogen-bond donors (Lipinski definition) is 0. The van der Waals surface area contributed by atoms with E-state index in [1.807, 2.05) is 18.2 Å². The highest BCUT2D eigenvalue weighted by molar-refractivity contribution is 8.00. The van der Waals surface area contributed by atoms with Crippen molar-refractivity contribution in [1.82, 2.24) is 24.4 Å². The molecule has 1 aliphatic rings. The number of rotatable bonds is 5. The van der Waals surface area contributed by atoms with Crippen LogP contribution in [0.5, 0.6) is 0 Å². The first-order valence-corrected chi connectivity index (χ1v) is 11.3. The molecule has 1 aromatic carbocycles. The van der Waals surface area contributed by atoms with E-state index in [1.54, 1.807) is 11.8 Å². The number of carbonyl (C=O) groups excluding carboxylic acids is 1. The van der Waals surface area contributed by atoms with Gasteiger partial charge in [-0.05, 0) is 18.6 Å². The summed E-state index contributed by atoms with van der Waals surface area (Å²) in [6, 6.07) is 11.0. The van der Waals surface area contributed by atoms with E-state index in [0.717, 1.165) is 43.7 Å². The van der Waals surface area contributed by atoms with Crippen molar-refractivity contribution in [3.63, 3.8) is 0 Å². The highest BCUT2D eigenvalue weighted by Crippen LogP contribution is 2.34. The third-order valence-corrected chi connectivity index (χ3v) is 6.64. The second-order valence-electron chi connectivity index (χ2n) is 7.60. The minimum Gasteiger partial charge on any atom is -0.339 e. The van der Waals surface area contributed by atoms with E-state index in [2.05, 4.69) is 27.2 Å². The van der Waals surface area contributed by atoms with Crippen LogP contribution in [0.1, 0.15) is 18.1 Å².